The standard InChI is InChI=1S/C13H13N3O2/c1-8-11(9-5-3-2-4-6-9)15-12-10(13(17)18)7-14-16(8)12/h2-8,11,15H,1H3,(H,17,18). The SMILES string of the molecule is CC1C(c2ccccc2)Nc2c(C(=O)O)cnn21. The van der Waals surface area contributed by atoms with Crippen LogP contribution in [0.25, 0.3) is 0 Å². The van der Waals surface area contributed by atoms with Crippen LogP contribution in [0.2, 0.25) is 0 Å². The number of anilines is 1. The second kappa shape index (κ2) is 3.87. The fourth-order valence-corrected chi connectivity index (χ4v) is 2.40. The molecule has 2 atom stereocenters. The first-order chi connectivity index (χ1) is 8.68. The van der Waals surface area contributed by atoms with E-state index in [2.05, 4.69) is 10.4 Å². The highest BCUT2D eigenvalue weighted by Gasteiger charge is 2.33. The molecule has 0 spiro atoms. The van der Waals surface area contributed by atoms with Crippen LogP contribution in [-0.2, 0) is 0 Å². The minimum absolute atomic E-state index is 0.0630. The van der Waals surface area contributed by atoms with E-state index in [9.17, 15) is 4.79 Å². The molecule has 0 fully saturated rings. The van der Waals surface area contributed by atoms with Gasteiger partial charge in [-0.05, 0) is 12.5 Å². The molecule has 2 N–H and O–H groups in total. The number of hydrogen-bond acceptors (Lipinski definition) is 3. The molecule has 5 nitrogen and oxygen atoms in total. The number of hydrogen-bond donors (Lipinski definition) is 2. The highest BCUT2D eigenvalue weighted by molar-refractivity contribution is 5.93. The van der Waals surface area contributed by atoms with E-state index in [-0.39, 0.29) is 17.6 Å². The van der Waals surface area contributed by atoms with Gasteiger partial charge in [0.15, 0.2) is 0 Å². The topological polar surface area (TPSA) is 67.2 Å². The number of fused-ring (bicyclic) bond motifs is 1. The summed E-state index contributed by atoms with van der Waals surface area (Å²) in [6, 6.07) is 10.1. The summed E-state index contributed by atoms with van der Waals surface area (Å²) in [6.07, 6.45) is 1.39. The lowest BCUT2D eigenvalue weighted by Crippen LogP contribution is -2.12. The quantitative estimate of drug-likeness (QED) is 0.849. The molecule has 5 heteroatoms. The van der Waals surface area contributed by atoms with Gasteiger partial charge in [0.25, 0.3) is 0 Å². The maximum atomic E-state index is 11.1. The van der Waals surface area contributed by atoms with Gasteiger partial charge in [-0.3, -0.25) is 0 Å². The van der Waals surface area contributed by atoms with Crippen LogP contribution < -0.4 is 5.32 Å². The molecule has 0 aliphatic carbocycles. The van der Waals surface area contributed by atoms with Gasteiger partial charge in [-0.25, -0.2) is 9.48 Å². The molecule has 2 aromatic rings. The summed E-state index contributed by atoms with van der Waals surface area (Å²) in [5.74, 6) is -0.367. The Morgan fingerprint density at radius 3 is 2.78 bits per heavy atom. The summed E-state index contributed by atoms with van der Waals surface area (Å²) >= 11 is 0. The van der Waals surface area contributed by atoms with E-state index in [0.29, 0.717) is 5.82 Å². The van der Waals surface area contributed by atoms with Crippen molar-refractivity contribution in [1.82, 2.24) is 9.78 Å². The molecule has 1 aromatic carbocycles. The van der Waals surface area contributed by atoms with Crippen molar-refractivity contribution >= 4 is 11.8 Å². The zero-order valence-electron chi connectivity index (χ0n) is 9.87. The minimum Gasteiger partial charge on any atom is -0.477 e. The molecule has 92 valence electrons. The van der Waals surface area contributed by atoms with Gasteiger partial charge in [0.1, 0.15) is 11.4 Å². The Balaban J connectivity index is 1.99. The zero-order valence-corrected chi connectivity index (χ0v) is 9.87. The van der Waals surface area contributed by atoms with Gasteiger partial charge in [-0.15, -0.1) is 0 Å². The van der Waals surface area contributed by atoms with Gasteiger partial charge in [0, 0.05) is 0 Å². The summed E-state index contributed by atoms with van der Waals surface area (Å²) in [7, 11) is 0. The Bertz CT molecular complexity index is 592. The number of carboxylic acids is 1. The summed E-state index contributed by atoms with van der Waals surface area (Å²) in [5.41, 5.74) is 1.35. The molecular formula is C13H13N3O2. The first kappa shape index (κ1) is 10.8. The molecule has 0 bridgehead atoms. The average Bonchev–Trinajstić information content (AvgIpc) is 2.91. The maximum Gasteiger partial charge on any atom is 0.341 e. The normalized spacial score (nSPS) is 21.4. The molecule has 0 radical (unpaired) electrons. The van der Waals surface area contributed by atoms with E-state index in [4.69, 9.17) is 5.11 Å². The monoisotopic (exact) mass is 243 g/mol. The number of benzene rings is 1. The lowest BCUT2D eigenvalue weighted by molar-refractivity contribution is 0.0698. The van der Waals surface area contributed by atoms with Gasteiger partial charge >= 0.3 is 5.97 Å². The smallest absolute Gasteiger partial charge is 0.341 e. The molecule has 18 heavy (non-hydrogen) atoms. The number of rotatable bonds is 2. The van der Waals surface area contributed by atoms with Crippen molar-refractivity contribution in [2.24, 2.45) is 0 Å². The number of nitrogens with zero attached hydrogens (tertiary/aromatic N) is 2. The van der Waals surface area contributed by atoms with Crippen LogP contribution in [-0.4, -0.2) is 20.9 Å². The number of carboxylic acid groups (broad SMARTS) is 1. The highest BCUT2D eigenvalue weighted by Crippen LogP contribution is 2.39. The van der Waals surface area contributed by atoms with E-state index in [1.54, 1.807) is 4.68 Å². The second-order valence-electron chi connectivity index (χ2n) is 4.43. The molecule has 0 amide bonds. The van der Waals surface area contributed by atoms with E-state index in [0.717, 1.165) is 5.56 Å². The third-order valence-corrected chi connectivity index (χ3v) is 3.34. The van der Waals surface area contributed by atoms with Crippen LogP contribution in [0.4, 0.5) is 5.82 Å². The van der Waals surface area contributed by atoms with Gasteiger partial charge in [0.2, 0.25) is 0 Å². The predicted molar refractivity (Wildman–Crippen MR) is 66.7 cm³/mol. The third kappa shape index (κ3) is 1.48. The maximum absolute atomic E-state index is 11.1. The summed E-state index contributed by atoms with van der Waals surface area (Å²) in [4.78, 5) is 11.1. The fraction of sp³-hybridized carbons (Fsp3) is 0.231. The second-order valence-corrected chi connectivity index (χ2v) is 4.43. The molecule has 3 rings (SSSR count). The fourth-order valence-electron chi connectivity index (χ4n) is 2.40. The van der Waals surface area contributed by atoms with Crippen molar-refractivity contribution in [2.45, 2.75) is 19.0 Å². The first-order valence-electron chi connectivity index (χ1n) is 5.81. The molecule has 0 saturated heterocycles. The van der Waals surface area contributed by atoms with E-state index in [1.807, 2.05) is 37.3 Å². The molecule has 1 aliphatic rings. The number of aromatic carboxylic acids is 1. The summed E-state index contributed by atoms with van der Waals surface area (Å²) in [5, 5.41) is 16.5. The van der Waals surface area contributed by atoms with Gasteiger partial charge in [-0.1, -0.05) is 30.3 Å². The van der Waals surface area contributed by atoms with Crippen molar-refractivity contribution in [3.8, 4) is 0 Å². The van der Waals surface area contributed by atoms with E-state index in [1.165, 1.54) is 6.20 Å². The van der Waals surface area contributed by atoms with E-state index < -0.39 is 5.97 Å². The van der Waals surface area contributed by atoms with Crippen LogP contribution >= 0.6 is 0 Å². The summed E-state index contributed by atoms with van der Waals surface area (Å²) < 4.78 is 1.74. The van der Waals surface area contributed by atoms with Crippen molar-refractivity contribution in [3.63, 3.8) is 0 Å². The number of carbonyl (C=O) groups is 1. The predicted octanol–water partition coefficient (Wildman–Crippen LogP) is 2.31. The van der Waals surface area contributed by atoms with Crippen LogP contribution in [0.1, 0.15) is 34.9 Å². The number of nitrogens with one attached hydrogen (secondary N) is 1. The Morgan fingerprint density at radius 2 is 2.11 bits per heavy atom. The summed E-state index contributed by atoms with van der Waals surface area (Å²) in [6.45, 7) is 2.03. The zero-order chi connectivity index (χ0) is 12.7. The van der Waals surface area contributed by atoms with Crippen LogP contribution in [0, 0.1) is 0 Å². The van der Waals surface area contributed by atoms with Crippen molar-refractivity contribution in [3.05, 3.63) is 47.7 Å². The van der Waals surface area contributed by atoms with Crippen molar-refractivity contribution in [1.29, 1.82) is 0 Å². The lowest BCUT2D eigenvalue weighted by atomic mass is 10.0. The van der Waals surface area contributed by atoms with Gasteiger partial charge < -0.3 is 10.4 Å². The molecule has 1 aliphatic heterocycles. The molecule has 2 heterocycles. The Morgan fingerprint density at radius 1 is 1.39 bits per heavy atom. The van der Waals surface area contributed by atoms with Crippen molar-refractivity contribution in [2.75, 3.05) is 5.32 Å². The van der Waals surface area contributed by atoms with Crippen LogP contribution in [0.15, 0.2) is 36.5 Å². The van der Waals surface area contributed by atoms with Crippen LogP contribution in [0.5, 0.6) is 0 Å². The highest BCUT2D eigenvalue weighted by atomic mass is 16.4. The number of aromatic nitrogens is 2. The molecule has 1 aromatic heterocycles. The molecule has 2 unspecified atom stereocenters. The lowest BCUT2D eigenvalue weighted by Gasteiger charge is -2.16. The Hall–Kier alpha value is -2.30. The van der Waals surface area contributed by atoms with Crippen molar-refractivity contribution < 1.29 is 9.90 Å². The average molecular weight is 243 g/mol. The third-order valence-electron chi connectivity index (χ3n) is 3.34. The Kier molecular flexibility index (Phi) is 2.33. The molecular weight excluding hydrogens is 230 g/mol. The van der Waals surface area contributed by atoms with Gasteiger partial charge in [0.05, 0.1) is 18.3 Å². The van der Waals surface area contributed by atoms with Crippen LogP contribution in [0.3, 0.4) is 0 Å². The van der Waals surface area contributed by atoms with Gasteiger partial charge in [-0.2, -0.15) is 5.10 Å². The first-order valence-corrected chi connectivity index (χ1v) is 5.81. The Labute approximate surface area is 104 Å². The molecule has 0 saturated carbocycles. The minimum atomic E-state index is -0.954. The largest absolute Gasteiger partial charge is 0.477 e. The van der Waals surface area contributed by atoms with E-state index >= 15 is 0 Å².